The molecular formula is C45H31BN2. The topological polar surface area (TPSA) is 8.17 Å². The molecule has 0 saturated heterocycles. The van der Waals surface area contributed by atoms with Gasteiger partial charge < -0.3 is 9.47 Å². The van der Waals surface area contributed by atoms with E-state index in [1.165, 1.54) is 83.6 Å². The fourth-order valence-corrected chi connectivity index (χ4v) is 8.33. The summed E-state index contributed by atoms with van der Waals surface area (Å²) in [5.74, 6) is 0. The monoisotopic (exact) mass is 610 g/mol. The molecule has 1 aromatic heterocycles. The summed E-state index contributed by atoms with van der Waals surface area (Å²) in [6.07, 6.45) is 0.902. The molecule has 2 aliphatic heterocycles. The van der Waals surface area contributed by atoms with Crippen LogP contribution in [0, 0.1) is 0 Å². The van der Waals surface area contributed by atoms with E-state index in [0.717, 1.165) is 6.42 Å². The molecule has 224 valence electrons. The normalized spacial score (nSPS) is 12.8. The Bertz CT molecular complexity index is 2480. The van der Waals surface area contributed by atoms with Gasteiger partial charge in [-0.1, -0.05) is 139 Å². The van der Waals surface area contributed by atoms with E-state index in [0.29, 0.717) is 0 Å². The lowest BCUT2D eigenvalue weighted by molar-refractivity contribution is 1.11. The number of fused-ring (bicyclic) bond motifs is 5. The number of nitrogens with zero attached hydrogens (tertiary/aromatic N) is 2. The second-order valence-electron chi connectivity index (χ2n) is 12.9. The third-order valence-electron chi connectivity index (χ3n) is 10.3. The van der Waals surface area contributed by atoms with Crippen molar-refractivity contribution in [2.45, 2.75) is 6.42 Å². The van der Waals surface area contributed by atoms with E-state index >= 15 is 0 Å². The third kappa shape index (κ3) is 4.01. The van der Waals surface area contributed by atoms with Gasteiger partial charge in [0.25, 0.3) is 0 Å². The molecule has 2 aliphatic rings. The molecule has 3 heteroatoms. The van der Waals surface area contributed by atoms with Crippen LogP contribution in [0.3, 0.4) is 0 Å². The first-order valence-corrected chi connectivity index (χ1v) is 16.8. The van der Waals surface area contributed by atoms with Crippen LogP contribution in [-0.2, 0) is 6.42 Å². The molecule has 0 unspecified atom stereocenters. The summed E-state index contributed by atoms with van der Waals surface area (Å²) in [7, 11) is 0. The van der Waals surface area contributed by atoms with Gasteiger partial charge in [-0.05, 0) is 82.1 Å². The molecule has 8 aromatic rings. The van der Waals surface area contributed by atoms with Gasteiger partial charge in [0.1, 0.15) is 0 Å². The molecule has 0 fully saturated rings. The predicted octanol–water partition coefficient (Wildman–Crippen LogP) is 9.17. The highest BCUT2D eigenvalue weighted by Crippen LogP contribution is 2.43. The number of anilines is 3. The molecule has 0 bridgehead atoms. The lowest BCUT2D eigenvalue weighted by Crippen LogP contribution is -2.61. The number of aromatic nitrogens is 1. The third-order valence-corrected chi connectivity index (χ3v) is 10.3. The van der Waals surface area contributed by atoms with Gasteiger partial charge >= 0.3 is 0 Å². The summed E-state index contributed by atoms with van der Waals surface area (Å²) >= 11 is 0. The Morgan fingerprint density at radius 2 is 1.12 bits per heavy atom. The highest BCUT2D eigenvalue weighted by Gasteiger charge is 2.40. The fourth-order valence-electron chi connectivity index (χ4n) is 8.33. The van der Waals surface area contributed by atoms with E-state index in [1.54, 1.807) is 0 Å². The molecule has 48 heavy (non-hydrogen) atoms. The maximum Gasteiger partial charge on any atom is 0.247 e. The molecule has 0 atom stereocenters. The Labute approximate surface area is 281 Å². The molecule has 0 amide bonds. The van der Waals surface area contributed by atoms with Crippen molar-refractivity contribution in [1.29, 1.82) is 0 Å². The summed E-state index contributed by atoms with van der Waals surface area (Å²) in [6, 6.07) is 64.5. The fraction of sp³-hybridized carbons (Fsp3) is 0.0222. The molecule has 0 spiro atoms. The summed E-state index contributed by atoms with van der Waals surface area (Å²) in [5, 5.41) is 1.26. The molecule has 3 heterocycles. The van der Waals surface area contributed by atoms with E-state index in [1.807, 2.05) is 0 Å². The summed E-state index contributed by atoms with van der Waals surface area (Å²) in [4.78, 5) is 2.45. The first kappa shape index (κ1) is 27.1. The highest BCUT2D eigenvalue weighted by atomic mass is 15.1. The van der Waals surface area contributed by atoms with Crippen LogP contribution in [0.2, 0.25) is 0 Å². The van der Waals surface area contributed by atoms with Gasteiger partial charge in [0.05, 0.1) is 11.2 Å². The van der Waals surface area contributed by atoms with Gasteiger partial charge in [0, 0.05) is 33.7 Å². The van der Waals surface area contributed by atoms with Crippen molar-refractivity contribution >= 4 is 51.1 Å². The van der Waals surface area contributed by atoms with Crippen molar-refractivity contribution in [2.24, 2.45) is 0 Å². The molecule has 0 aliphatic carbocycles. The van der Waals surface area contributed by atoms with Crippen LogP contribution in [0.15, 0.2) is 176 Å². The molecule has 0 radical (unpaired) electrons. The lowest BCUT2D eigenvalue weighted by atomic mass is 9.32. The van der Waals surface area contributed by atoms with Gasteiger partial charge in [0.2, 0.25) is 6.71 Å². The van der Waals surface area contributed by atoms with Gasteiger partial charge in [-0.3, -0.25) is 0 Å². The SMILES string of the molecule is c1ccc(-c2c(-c3ccccc3)n(-c3ccc4c(c3)Cc3cccc5c3B4c3ccccc3N5c3ccccc3)c3ccccc23)cc1. The highest BCUT2D eigenvalue weighted by molar-refractivity contribution is 6.98. The number of hydrogen-bond donors (Lipinski definition) is 0. The largest absolute Gasteiger partial charge is 0.312 e. The lowest BCUT2D eigenvalue weighted by Gasteiger charge is -2.40. The van der Waals surface area contributed by atoms with Crippen molar-refractivity contribution in [3.8, 4) is 28.1 Å². The quantitative estimate of drug-likeness (QED) is 0.181. The Kier molecular flexibility index (Phi) is 6.07. The standard InChI is InChI=1S/C45H31BN2/c1-4-15-31(16-5-1)43-37-22-10-12-24-40(37)48(45(43)32-17-6-2-7-18-32)36-27-28-38-34(30-36)29-33-19-14-26-42-44(33)46(38)39-23-11-13-25-41(39)47(42)35-20-8-3-9-21-35/h1-28,30H,29H2. The van der Waals surface area contributed by atoms with E-state index in [9.17, 15) is 0 Å². The number of hydrogen-bond acceptors (Lipinski definition) is 1. The first-order valence-electron chi connectivity index (χ1n) is 16.8. The maximum atomic E-state index is 2.49. The van der Waals surface area contributed by atoms with Crippen LogP contribution < -0.4 is 21.3 Å². The molecular weight excluding hydrogens is 579 g/mol. The zero-order chi connectivity index (χ0) is 31.6. The zero-order valence-corrected chi connectivity index (χ0v) is 26.4. The number of benzene rings is 7. The van der Waals surface area contributed by atoms with E-state index in [2.05, 4.69) is 185 Å². The summed E-state index contributed by atoms with van der Waals surface area (Å²) in [5.41, 5.74) is 18.1. The van der Waals surface area contributed by atoms with Crippen LogP contribution in [0.25, 0.3) is 39.0 Å². The number of rotatable bonds is 4. The second kappa shape index (κ2) is 10.8. The van der Waals surface area contributed by atoms with Crippen molar-refractivity contribution in [1.82, 2.24) is 4.57 Å². The minimum atomic E-state index is 0.181. The molecule has 7 aromatic carbocycles. The summed E-state index contributed by atoms with van der Waals surface area (Å²) in [6.45, 7) is 0.181. The van der Waals surface area contributed by atoms with Crippen molar-refractivity contribution in [3.63, 3.8) is 0 Å². The minimum absolute atomic E-state index is 0.181. The average molecular weight is 611 g/mol. The van der Waals surface area contributed by atoms with Crippen molar-refractivity contribution < 1.29 is 0 Å². The summed E-state index contributed by atoms with van der Waals surface area (Å²) < 4.78 is 2.49. The zero-order valence-electron chi connectivity index (χ0n) is 26.4. The van der Waals surface area contributed by atoms with Crippen LogP contribution in [-0.4, -0.2) is 11.3 Å². The smallest absolute Gasteiger partial charge is 0.247 e. The number of para-hydroxylation sites is 3. The van der Waals surface area contributed by atoms with Crippen molar-refractivity contribution in [2.75, 3.05) is 4.90 Å². The Morgan fingerprint density at radius 3 is 1.94 bits per heavy atom. The Hall–Kier alpha value is -6.06. The van der Waals surface area contributed by atoms with Crippen LogP contribution in [0.1, 0.15) is 11.1 Å². The van der Waals surface area contributed by atoms with Gasteiger partial charge in [0.15, 0.2) is 0 Å². The van der Waals surface area contributed by atoms with E-state index < -0.39 is 0 Å². The molecule has 0 saturated carbocycles. The molecule has 0 N–H and O–H groups in total. The van der Waals surface area contributed by atoms with Gasteiger partial charge in [-0.15, -0.1) is 0 Å². The molecule has 2 nitrogen and oxygen atoms in total. The van der Waals surface area contributed by atoms with Crippen LogP contribution in [0.4, 0.5) is 17.1 Å². The Morgan fingerprint density at radius 1 is 0.458 bits per heavy atom. The van der Waals surface area contributed by atoms with Gasteiger partial charge in [-0.25, -0.2) is 0 Å². The predicted molar refractivity (Wildman–Crippen MR) is 203 cm³/mol. The van der Waals surface area contributed by atoms with Crippen molar-refractivity contribution in [3.05, 3.63) is 187 Å². The Balaban J connectivity index is 1.21. The average Bonchev–Trinajstić information content (AvgIpc) is 3.51. The van der Waals surface area contributed by atoms with Gasteiger partial charge in [-0.2, -0.15) is 0 Å². The van der Waals surface area contributed by atoms with E-state index in [4.69, 9.17) is 0 Å². The minimum Gasteiger partial charge on any atom is -0.312 e. The molecule has 10 rings (SSSR count). The van der Waals surface area contributed by atoms with Crippen LogP contribution in [0.5, 0.6) is 0 Å². The second-order valence-corrected chi connectivity index (χ2v) is 12.9. The van der Waals surface area contributed by atoms with Crippen LogP contribution >= 0.6 is 0 Å². The van der Waals surface area contributed by atoms with E-state index in [-0.39, 0.29) is 6.71 Å². The maximum absolute atomic E-state index is 2.49. The first-order chi connectivity index (χ1) is 23.8.